The largest absolute Gasteiger partial charge is 0.398 e. The van der Waals surface area contributed by atoms with Gasteiger partial charge in [0.05, 0.1) is 5.75 Å². The van der Waals surface area contributed by atoms with Crippen molar-refractivity contribution < 1.29 is 4.21 Å². The molecule has 0 aliphatic heterocycles. The third-order valence-electron chi connectivity index (χ3n) is 2.40. The van der Waals surface area contributed by atoms with Crippen LogP contribution in [-0.4, -0.2) is 9.96 Å². The molecule has 0 saturated carbocycles. The molecule has 1 aromatic rings. The first kappa shape index (κ1) is 13.5. The molecular weight excluding hydrogens is 242 g/mol. The van der Waals surface area contributed by atoms with Crippen LogP contribution in [0.25, 0.3) is 0 Å². The van der Waals surface area contributed by atoms with Gasteiger partial charge in [-0.1, -0.05) is 37.4 Å². The second-order valence-corrected chi connectivity index (χ2v) is 5.85. The van der Waals surface area contributed by atoms with E-state index in [1.807, 2.05) is 6.07 Å². The van der Waals surface area contributed by atoms with Gasteiger partial charge < -0.3 is 5.73 Å². The predicted octanol–water partition coefficient (Wildman–Crippen LogP) is 3.36. The smallest absolute Gasteiger partial charge is 0.0505 e. The zero-order chi connectivity index (χ0) is 12.0. The number of anilines is 1. The van der Waals surface area contributed by atoms with Crippen molar-refractivity contribution in [2.75, 3.05) is 11.5 Å². The van der Waals surface area contributed by atoms with Gasteiger partial charge in [0.2, 0.25) is 0 Å². The Balaban J connectivity index is 2.49. The summed E-state index contributed by atoms with van der Waals surface area (Å²) in [6, 6.07) is 5.35. The molecule has 1 aromatic carbocycles. The third kappa shape index (κ3) is 4.54. The van der Waals surface area contributed by atoms with Crippen LogP contribution >= 0.6 is 11.6 Å². The fourth-order valence-electron chi connectivity index (χ4n) is 1.46. The maximum atomic E-state index is 11.7. The molecule has 0 heterocycles. The minimum absolute atomic E-state index is 0.534. The van der Waals surface area contributed by atoms with Gasteiger partial charge >= 0.3 is 0 Å². The van der Waals surface area contributed by atoms with Gasteiger partial charge in [-0.25, -0.2) is 0 Å². The van der Waals surface area contributed by atoms with Crippen LogP contribution in [0.2, 0.25) is 5.02 Å². The number of hydrogen-bond donors (Lipinski definition) is 1. The Morgan fingerprint density at radius 1 is 1.38 bits per heavy atom. The molecule has 0 saturated heterocycles. The summed E-state index contributed by atoms with van der Waals surface area (Å²) >= 11 is 5.80. The quantitative estimate of drug-likeness (QED) is 0.629. The minimum Gasteiger partial charge on any atom is -0.398 e. The van der Waals surface area contributed by atoms with Crippen molar-refractivity contribution in [3.63, 3.8) is 0 Å². The van der Waals surface area contributed by atoms with Gasteiger partial charge in [0, 0.05) is 27.3 Å². The van der Waals surface area contributed by atoms with Gasteiger partial charge in [0.25, 0.3) is 0 Å². The number of halogens is 1. The molecule has 2 nitrogen and oxygen atoms in total. The second kappa shape index (κ2) is 6.92. The Bertz CT molecular complexity index is 368. The molecule has 1 atom stereocenters. The Hall–Kier alpha value is -0.540. The molecule has 0 spiro atoms. The summed E-state index contributed by atoms with van der Waals surface area (Å²) in [6.45, 7) is 2.14. The SMILES string of the molecule is CCCCCS(=O)Cc1ccc(Cl)cc1N. The molecular formula is C12H18ClNOS. The van der Waals surface area contributed by atoms with Crippen molar-refractivity contribution in [3.8, 4) is 0 Å². The average Bonchev–Trinajstić information content (AvgIpc) is 2.23. The summed E-state index contributed by atoms with van der Waals surface area (Å²) in [7, 11) is -0.812. The van der Waals surface area contributed by atoms with Crippen molar-refractivity contribution in [2.45, 2.75) is 31.9 Å². The molecule has 0 aromatic heterocycles. The van der Waals surface area contributed by atoms with Crippen LogP contribution in [-0.2, 0) is 16.6 Å². The van der Waals surface area contributed by atoms with Crippen LogP contribution in [0.1, 0.15) is 31.7 Å². The van der Waals surface area contributed by atoms with Gasteiger partial charge in [0.1, 0.15) is 0 Å². The lowest BCUT2D eigenvalue weighted by atomic mass is 10.2. The number of nitrogens with two attached hydrogens (primary N) is 1. The molecule has 16 heavy (non-hydrogen) atoms. The lowest BCUT2D eigenvalue weighted by Crippen LogP contribution is -2.03. The molecule has 1 unspecified atom stereocenters. The molecule has 0 fully saturated rings. The van der Waals surface area contributed by atoms with E-state index >= 15 is 0 Å². The lowest BCUT2D eigenvalue weighted by Gasteiger charge is -2.06. The standard InChI is InChI=1S/C12H18ClNOS/c1-2-3-4-7-16(15)9-10-5-6-11(13)8-12(10)14/h5-6,8H,2-4,7,9,14H2,1H3. The summed E-state index contributed by atoms with van der Waals surface area (Å²) in [5, 5.41) is 0.623. The summed E-state index contributed by atoms with van der Waals surface area (Å²) in [4.78, 5) is 0. The van der Waals surface area contributed by atoms with Crippen molar-refractivity contribution >= 4 is 28.1 Å². The van der Waals surface area contributed by atoms with Crippen molar-refractivity contribution in [1.29, 1.82) is 0 Å². The monoisotopic (exact) mass is 259 g/mol. The Kier molecular flexibility index (Phi) is 5.85. The number of unbranched alkanes of at least 4 members (excludes halogenated alkanes) is 2. The molecule has 0 aliphatic carbocycles. The highest BCUT2D eigenvalue weighted by Gasteiger charge is 2.05. The van der Waals surface area contributed by atoms with E-state index in [1.165, 1.54) is 0 Å². The fourth-order valence-corrected chi connectivity index (χ4v) is 2.92. The average molecular weight is 260 g/mol. The Labute approximate surface area is 105 Å². The first-order chi connectivity index (χ1) is 7.63. The van der Waals surface area contributed by atoms with E-state index in [2.05, 4.69) is 6.92 Å². The van der Waals surface area contributed by atoms with E-state index in [1.54, 1.807) is 12.1 Å². The topological polar surface area (TPSA) is 43.1 Å². The van der Waals surface area contributed by atoms with E-state index in [0.717, 1.165) is 30.6 Å². The van der Waals surface area contributed by atoms with Crippen LogP contribution in [0, 0.1) is 0 Å². The van der Waals surface area contributed by atoms with E-state index in [9.17, 15) is 4.21 Å². The molecule has 0 amide bonds. The van der Waals surface area contributed by atoms with Crippen molar-refractivity contribution in [2.24, 2.45) is 0 Å². The Morgan fingerprint density at radius 3 is 2.75 bits per heavy atom. The van der Waals surface area contributed by atoms with Gasteiger partial charge in [-0.3, -0.25) is 4.21 Å². The first-order valence-electron chi connectivity index (χ1n) is 5.52. The van der Waals surface area contributed by atoms with E-state index in [-0.39, 0.29) is 0 Å². The van der Waals surface area contributed by atoms with Gasteiger partial charge in [-0.15, -0.1) is 0 Å². The zero-order valence-corrected chi connectivity index (χ0v) is 11.1. The predicted molar refractivity (Wildman–Crippen MR) is 72.1 cm³/mol. The number of benzene rings is 1. The fraction of sp³-hybridized carbons (Fsp3) is 0.500. The molecule has 0 radical (unpaired) electrons. The summed E-state index contributed by atoms with van der Waals surface area (Å²) in [5.74, 6) is 1.29. The number of hydrogen-bond acceptors (Lipinski definition) is 2. The maximum Gasteiger partial charge on any atom is 0.0505 e. The minimum atomic E-state index is -0.812. The van der Waals surface area contributed by atoms with E-state index in [0.29, 0.717) is 16.5 Å². The van der Waals surface area contributed by atoms with Crippen LogP contribution in [0.5, 0.6) is 0 Å². The number of rotatable bonds is 6. The van der Waals surface area contributed by atoms with E-state index < -0.39 is 10.8 Å². The van der Waals surface area contributed by atoms with Crippen molar-refractivity contribution in [1.82, 2.24) is 0 Å². The van der Waals surface area contributed by atoms with Crippen LogP contribution < -0.4 is 5.73 Å². The van der Waals surface area contributed by atoms with Crippen molar-refractivity contribution in [3.05, 3.63) is 28.8 Å². The zero-order valence-electron chi connectivity index (χ0n) is 9.54. The molecule has 4 heteroatoms. The summed E-state index contributed by atoms with van der Waals surface area (Å²) in [5.41, 5.74) is 7.37. The number of nitrogen functional groups attached to an aromatic ring is 1. The Morgan fingerprint density at radius 2 is 2.12 bits per heavy atom. The first-order valence-corrected chi connectivity index (χ1v) is 7.39. The molecule has 0 bridgehead atoms. The van der Waals surface area contributed by atoms with Crippen LogP contribution in [0.3, 0.4) is 0 Å². The third-order valence-corrected chi connectivity index (χ3v) is 4.01. The normalized spacial score (nSPS) is 12.6. The summed E-state index contributed by atoms with van der Waals surface area (Å²) < 4.78 is 11.7. The van der Waals surface area contributed by atoms with Gasteiger partial charge in [-0.2, -0.15) is 0 Å². The molecule has 90 valence electrons. The highest BCUT2D eigenvalue weighted by molar-refractivity contribution is 7.84. The van der Waals surface area contributed by atoms with Gasteiger partial charge in [0.15, 0.2) is 0 Å². The lowest BCUT2D eigenvalue weighted by molar-refractivity contribution is 0.676. The van der Waals surface area contributed by atoms with Crippen LogP contribution in [0.15, 0.2) is 18.2 Å². The summed E-state index contributed by atoms with van der Waals surface area (Å²) in [6.07, 6.45) is 3.32. The highest BCUT2D eigenvalue weighted by Crippen LogP contribution is 2.19. The molecule has 0 aliphatic rings. The van der Waals surface area contributed by atoms with Crippen LogP contribution in [0.4, 0.5) is 5.69 Å². The highest BCUT2D eigenvalue weighted by atomic mass is 35.5. The molecule has 1 rings (SSSR count). The van der Waals surface area contributed by atoms with Gasteiger partial charge in [-0.05, 0) is 24.1 Å². The second-order valence-electron chi connectivity index (χ2n) is 3.84. The van der Waals surface area contributed by atoms with E-state index in [4.69, 9.17) is 17.3 Å². The maximum absolute atomic E-state index is 11.7. The molecule has 2 N–H and O–H groups in total.